The largest absolute Gasteiger partial charge is 0.495 e. The molecule has 3 aromatic heterocycles. The number of para-hydroxylation sites is 2. The summed E-state index contributed by atoms with van der Waals surface area (Å²) in [7, 11) is 1.56. The Morgan fingerprint density at radius 1 is 1.16 bits per heavy atom. The van der Waals surface area contributed by atoms with Crippen molar-refractivity contribution in [3.05, 3.63) is 84.0 Å². The maximum absolute atomic E-state index is 13.5. The van der Waals surface area contributed by atoms with Gasteiger partial charge in [-0.25, -0.2) is 4.68 Å². The number of carbonyl (C=O) groups is 1. The number of methoxy groups -OCH3 is 1. The van der Waals surface area contributed by atoms with Crippen LogP contribution in [0.1, 0.15) is 18.7 Å². The highest BCUT2D eigenvalue weighted by Gasteiger charge is 2.35. The van der Waals surface area contributed by atoms with Gasteiger partial charge in [-0.1, -0.05) is 18.2 Å². The van der Waals surface area contributed by atoms with E-state index < -0.39 is 6.04 Å². The Morgan fingerprint density at radius 2 is 2.00 bits per heavy atom. The lowest BCUT2D eigenvalue weighted by atomic mass is 9.98. The highest BCUT2D eigenvalue weighted by molar-refractivity contribution is 6.06. The maximum atomic E-state index is 13.5. The fraction of sp³-hybridized carbons (Fsp3) is 0.130. The molecule has 9 heteroatoms. The number of nitrogens with zero attached hydrogens (tertiary/aromatic N) is 4. The van der Waals surface area contributed by atoms with E-state index in [-0.39, 0.29) is 5.91 Å². The molecular weight excluding hydrogens is 408 g/mol. The Bertz CT molecular complexity index is 1290. The van der Waals surface area contributed by atoms with Crippen molar-refractivity contribution in [3.63, 3.8) is 0 Å². The Morgan fingerprint density at radius 3 is 2.75 bits per heavy atom. The monoisotopic (exact) mass is 428 g/mol. The van der Waals surface area contributed by atoms with E-state index >= 15 is 0 Å². The molecule has 0 spiro atoms. The van der Waals surface area contributed by atoms with Gasteiger partial charge in [-0.3, -0.25) is 9.78 Å². The van der Waals surface area contributed by atoms with Crippen molar-refractivity contribution in [1.82, 2.24) is 19.7 Å². The molecule has 1 aromatic carbocycles. The van der Waals surface area contributed by atoms with Crippen molar-refractivity contribution in [2.24, 2.45) is 0 Å². The normalized spacial score (nSPS) is 15.1. The van der Waals surface area contributed by atoms with Gasteiger partial charge < -0.3 is 19.8 Å². The number of fused-ring (bicyclic) bond motifs is 1. The zero-order chi connectivity index (χ0) is 22.1. The Balaban J connectivity index is 1.59. The third-order valence-electron chi connectivity index (χ3n) is 5.16. The van der Waals surface area contributed by atoms with Crippen LogP contribution in [-0.2, 0) is 4.79 Å². The van der Waals surface area contributed by atoms with Crippen LogP contribution in [0.5, 0.6) is 5.75 Å². The van der Waals surface area contributed by atoms with E-state index in [1.54, 1.807) is 48.5 Å². The number of anilines is 2. The Kier molecular flexibility index (Phi) is 4.91. The number of ether oxygens (including phenoxy) is 1. The SMILES string of the molecule is COc1ccccc1NC(=O)C1=C(C)Nc2nc(-c3ccco3)nn2[C@@H]1c1ccccn1. The van der Waals surface area contributed by atoms with E-state index in [0.717, 1.165) is 0 Å². The van der Waals surface area contributed by atoms with Crippen molar-refractivity contribution < 1.29 is 13.9 Å². The van der Waals surface area contributed by atoms with Gasteiger partial charge in [-0.05, 0) is 43.3 Å². The number of benzene rings is 1. The lowest BCUT2D eigenvalue weighted by molar-refractivity contribution is -0.113. The molecule has 1 atom stereocenters. The summed E-state index contributed by atoms with van der Waals surface area (Å²) in [6.45, 7) is 1.83. The summed E-state index contributed by atoms with van der Waals surface area (Å²) in [5.74, 6) is 1.72. The number of rotatable bonds is 5. The number of amides is 1. The summed E-state index contributed by atoms with van der Waals surface area (Å²) < 4.78 is 12.5. The minimum Gasteiger partial charge on any atom is -0.495 e. The third kappa shape index (κ3) is 3.39. The molecule has 0 aliphatic carbocycles. The van der Waals surface area contributed by atoms with Crippen LogP contribution in [-0.4, -0.2) is 32.8 Å². The topological polar surface area (TPSA) is 107 Å². The van der Waals surface area contributed by atoms with Gasteiger partial charge in [-0.15, -0.1) is 5.10 Å². The molecule has 0 saturated heterocycles. The molecule has 0 bridgehead atoms. The summed E-state index contributed by atoms with van der Waals surface area (Å²) in [6.07, 6.45) is 3.25. The van der Waals surface area contributed by atoms with E-state index in [0.29, 0.717) is 45.9 Å². The van der Waals surface area contributed by atoms with E-state index in [9.17, 15) is 4.79 Å². The van der Waals surface area contributed by atoms with E-state index in [4.69, 9.17) is 9.15 Å². The van der Waals surface area contributed by atoms with Gasteiger partial charge in [-0.2, -0.15) is 4.98 Å². The number of nitrogens with one attached hydrogen (secondary N) is 2. The molecular formula is C23H20N6O3. The number of hydrogen-bond donors (Lipinski definition) is 2. The third-order valence-corrected chi connectivity index (χ3v) is 5.16. The molecule has 4 aromatic rings. The summed E-state index contributed by atoms with van der Waals surface area (Å²) >= 11 is 0. The standard InChI is InChI=1S/C23H20N6O3/c1-14-19(22(30)26-15-8-3-4-10-17(15)31-2)20(16-9-5-6-12-24-16)29-23(25-14)27-21(28-29)18-11-7-13-32-18/h3-13,20H,1-2H3,(H,26,30)(H,25,27,28)/t20-/m1/s1. The fourth-order valence-corrected chi connectivity index (χ4v) is 3.70. The molecule has 1 amide bonds. The summed E-state index contributed by atoms with van der Waals surface area (Å²) in [6, 6.07) is 15.8. The van der Waals surface area contributed by atoms with Crippen LogP contribution in [0, 0.1) is 0 Å². The Labute approximate surface area is 183 Å². The van der Waals surface area contributed by atoms with Gasteiger partial charge in [0, 0.05) is 11.9 Å². The Hall–Kier alpha value is -4.40. The molecule has 0 unspecified atom stereocenters. The van der Waals surface area contributed by atoms with Crippen molar-refractivity contribution in [2.45, 2.75) is 13.0 Å². The molecule has 1 aliphatic rings. The van der Waals surface area contributed by atoms with Crippen molar-refractivity contribution >= 4 is 17.5 Å². The zero-order valence-corrected chi connectivity index (χ0v) is 17.4. The molecule has 32 heavy (non-hydrogen) atoms. The van der Waals surface area contributed by atoms with Gasteiger partial charge in [0.2, 0.25) is 11.8 Å². The van der Waals surface area contributed by atoms with Crippen LogP contribution in [0.4, 0.5) is 11.6 Å². The molecule has 160 valence electrons. The number of furan rings is 1. The second kappa shape index (κ2) is 8.03. The minimum atomic E-state index is -0.585. The molecule has 0 saturated carbocycles. The lowest BCUT2D eigenvalue weighted by Crippen LogP contribution is -2.32. The van der Waals surface area contributed by atoms with Crippen molar-refractivity contribution in [2.75, 3.05) is 17.7 Å². The predicted molar refractivity (Wildman–Crippen MR) is 118 cm³/mol. The van der Waals surface area contributed by atoms with Crippen LogP contribution in [0.2, 0.25) is 0 Å². The van der Waals surface area contributed by atoms with Crippen molar-refractivity contribution in [3.8, 4) is 17.3 Å². The smallest absolute Gasteiger partial charge is 0.256 e. The molecule has 5 rings (SSSR count). The first kappa shape index (κ1) is 19.6. The summed E-state index contributed by atoms with van der Waals surface area (Å²) in [5.41, 5.74) is 2.35. The van der Waals surface area contributed by atoms with E-state index in [1.807, 2.05) is 37.3 Å². The first-order valence-electron chi connectivity index (χ1n) is 9.99. The highest BCUT2D eigenvalue weighted by Crippen LogP contribution is 2.36. The van der Waals surface area contributed by atoms with Gasteiger partial charge in [0.1, 0.15) is 11.8 Å². The predicted octanol–water partition coefficient (Wildman–Crippen LogP) is 3.87. The van der Waals surface area contributed by atoms with Gasteiger partial charge in [0.05, 0.1) is 30.3 Å². The van der Waals surface area contributed by atoms with E-state index in [2.05, 4.69) is 25.7 Å². The number of aromatic nitrogens is 4. The fourth-order valence-electron chi connectivity index (χ4n) is 3.70. The van der Waals surface area contributed by atoms with Crippen LogP contribution < -0.4 is 15.4 Å². The second-order valence-corrected chi connectivity index (χ2v) is 7.16. The second-order valence-electron chi connectivity index (χ2n) is 7.16. The quantitative estimate of drug-likeness (QED) is 0.497. The van der Waals surface area contributed by atoms with Gasteiger partial charge >= 0.3 is 0 Å². The molecule has 1 aliphatic heterocycles. The molecule has 0 radical (unpaired) electrons. The van der Waals surface area contributed by atoms with Crippen LogP contribution >= 0.6 is 0 Å². The van der Waals surface area contributed by atoms with Gasteiger partial charge in [0.15, 0.2) is 5.76 Å². The molecule has 2 N–H and O–H groups in total. The van der Waals surface area contributed by atoms with Crippen molar-refractivity contribution in [1.29, 1.82) is 0 Å². The average Bonchev–Trinajstić information content (AvgIpc) is 3.49. The molecule has 9 nitrogen and oxygen atoms in total. The van der Waals surface area contributed by atoms with Crippen LogP contribution in [0.15, 0.2) is 82.7 Å². The summed E-state index contributed by atoms with van der Waals surface area (Å²) in [5, 5.41) is 10.8. The number of carbonyl (C=O) groups excluding carboxylic acids is 1. The summed E-state index contributed by atoms with van der Waals surface area (Å²) in [4.78, 5) is 22.6. The number of hydrogen-bond acceptors (Lipinski definition) is 7. The number of allylic oxidation sites excluding steroid dienone is 1. The number of pyridine rings is 1. The maximum Gasteiger partial charge on any atom is 0.256 e. The first-order chi connectivity index (χ1) is 15.7. The van der Waals surface area contributed by atoms with Crippen LogP contribution in [0.3, 0.4) is 0 Å². The van der Waals surface area contributed by atoms with E-state index in [1.165, 1.54) is 0 Å². The minimum absolute atomic E-state index is 0.296. The molecule has 4 heterocycles. The van der Waals surface area contributed by atoms with Gasteiger partial charge in [0.25, 0.3) is 5.91 Å². The average molecular weight is 428 g/mol. The van der Waals surface area contributed by atoms with Crippen LogP contribution in [0.25, 0.3) is 11.6 Å². The highest BCUT2D eigenvalue weighted by atomic mass is 16.5. The molecule has 0 fully saturated rings. The first-order valence-corrected chi connectivity index (χ1v) is 9.99. The zero-order valence-electron chi connectivity index (χ0n) is 17.4. The lowest BCUT2D eigenvalue weighted by Gasteiger charge is -2.28.